The van der Waals surface area contributed by atoms with Crippen LogP contribution in [0.3, 0.4) is 0 Å². The average Bonchev–Trinajstić information content (AvgIpc) is 2.81. The molecule has 1 fully saturated rings. The third kappa shape index (κ3) is 3.00. The van der Waals surface area contributed by atoms with Crippen molar-refractivity contribution in [2.24, 2.45) is 0 Å². The summed E-state index contributed by atoms with van der Waals surface area (Å²) in [7, 11) is 1.86. The maximum atomic E-state index is 13.9. The number of anilines is 1. The average molecular weight is 253 g/mol. The van der Waals surface area contributed by atoms with Gasteiger partial charge >= 0.3 is 0 Å². The summed E-state index contributed by atoms with van der Waals surface area (Å²) in [6, 6.07) is 4.87. The molecule has 100 valence electrons. The van der Waals surface area contributed by atoms with Crippen LogP contribution in [0.5, 0.6) is 0 Å². The summed E-state index contributed by atoms with van der Waals surface area (Å²) in [4.78, 5) is 1.87. The van der Waals surface area contributed by atoms with Crippen LogP contribution in [0, 0.1) is 5.82 Å². The largest absolute Gasteiger partial charge is 0.389 e. The summed E-state index contributed by atoms with van der Waals surface area (Å²) in [5, 5.41) is 9.41. The second-order valence-electron chi connectivity index (χ2n) is 4.90. The number of halogens is 1. The molecule has 1 aromatic rings. The maximum absolute atomic E-state index is 13.9. The van der Waals surface area contributed by atoms with Crippen molar-refractivity contribution in [3.05, 3.63) is 29.6 Å². The highest BCUT2D eigenvalue weighted by Gasteiger charge is 2.19. The molecular weight excluding hydrogens is 233 g/mol. The van der Waals surface area contributed by atoms with Crippen LogP contribution >= 0.6 is 0 Å². The van der Waals surface area contributed by atoms with E-state index in [-0.39, 0.29) is 11.9 Å². The normalized spacial score (nSPS) is 21.0. The number of nitrogens with zero attached hydrogens (tertiary/aromatic N) is 1. The van der Waals surface area contributed by atoms with Crippen LogP contribution in [0.1, 0.15) is 31.4 Å². The quantitative estimate of drug-likeness (QED) is 0.895. The predicted octanol–water partition coefficient (Wildman–Crippen LogP) is 2.49. The Morgan fingerprint density at radius 1 is 1.56 bits per heavy atom. The monoisotopic (exact) mass is 253 g/mol. The molecule has 2 rings (SSSR count). The second kappa shape index (κ2) is 5.67. The van der Waals surface area contributed by atoms with Gasteiger partial charge in [-0.05, 0) is 37.5 Å². The Bertz CT molecular complexity index is 403. The number of benzene rings is 1. The highest BCUT2D eigenvalue weighted by atomic mass is 19.1. The van der Waals surface area contributed by atoms with Gasteiger partial charge in [-0.3, -0.25) is 0 Å². The Morgan fingerprint density at radius 3 is 2.89 bits per heavy atom. The van der Waals surface area contributed by atoms with E-state index in [0.717, 1.165) is 19.4 Å². The van der Waals surface area contributed by atoms with E-state index in [4.69, 9.17) is 4.74 Å². The topological polar surface area (TPSA) is 32.7 Å². The van der Waals surface area contributed by atoms with Crippen molar-refractivity contribution in [1.82, 2.24) is 0 Å². The highest BCUT2D eigenvalue weighted by molar-refractivity contribution is 5.48. The minimum atomic E-state index is -0.642. The molecule has 0 bridgehead atoms. The summed E-state index contributed by atoms with van der Waals surface area (Å²) in [5.41, 5.74) is 1.15. The zero-order valence-corrected chi connectivity index (χ0v) is 10.9. The molecule has 1 aliphatic rings. The van der Waals surface area contributed by atoms with E-state index in [9.17, 15) is 9.50 Å². The molecule has 0 spiro atoms. The lowest BCUT2D eigenvalue weighted by atomic mass is 10.1. The third-order valence-corrected chi connectivity index (χ3v) is 3.37. The van der Waals surface area contributed by atoms with Crippen molar-refractivity contribution in [3.63, 3.8) is 0 Å². The zero-order valence-electron chi connectivity index (χ0n) is 10.9. The van der Waals surface area contributed by atoms with E-state index in [0.29, 0.717) is 17.8 Å². The number of ether oxygens (including phenoxy) is 1. The first-order valence-electron chi connectivity index (χ1n) is 6.38. The van der Waals surface area contributed by atoms with E-state index in [1.54, 1.807) is 19.1 Å². The van der Waals surface area contributed by atoms with E-state index in [1.165, 1.54) is 6.07 Å². The van der Waals surface area contributed by atoms with Crippen molar-refractivity contribution >= 4 is 5.69 Å². The van der Waals surface area contributed by atoms with Gasteiger partial charge in [0.25, 0.3) is 0 Å². The number of aliphatic hydroxyl groups is 1. The van der Waals surface area contributed by atoms with E-state index < -0.39 is 6.10 Å². The first-order valence-corrected chi connectivity index (χ1v) is 6.38. The Kier molecular flexibility index (Phi) is 4.19. The first-order chi connectivity index (χ1) is 8.58. The number of aliphatic hydroxyl groups excluding tert-OH is 1. The number of rotatable bonds is 4. The molecule has 3 nitrogen and oxygen atoms in total. The Balaban J connectivity index is 2.07. The number of likely N-dealkylation sites (N-methyl/N-ethyl adjacent to an activating group) is 1. The fourth-order valence-corrected chi connectivity index (χ4v) is 2.28. The maximum Gasteiger partial charge on any atom is 0.146 e. The van der Waals surface area contributed by atoms with Crippen molar-refractivity contribution in [1.29, 1.82) is 0 Å². The van der Waals surface area contributed by atoms with Crippen LogP contribution in [0.25, 0.3) is 0 Å². The highest BCUT2D eigenvalue weighted by Crippen LogP contribution is 2.24. The zero-order chi connectivity index (χ0) is 13.1. The van der Waals surface area contributed by atoms with E-state index in [2.05, 4.69) is 0 Å². The van der Waals surface area contributed by atoms with Crippen LogP contribution in [-0.4, -0.2) is 31.4 Å². The summed E-state index contributed by atoms with van der Waals surface area (Å²) >= 11 is 0. The van der Waals surface area contributed by atoms with Crippen molar-refractivity contribution in [2.45, 2.75) is 32.0 Å². The molecule has 1 heterocycles. The molecule has 1 N–H and O–H groups in total. The van der Waals surface area contributed by atoms with Crippen LogP contribution < -0.4 is 4.90 Å². The molecular formula is C14H20FNO2. The summed E-state index contributed by atoms with van der Waals surface area (Å²) < 4.78 is 19.5. The van der Waals surface area contributed by atoms with Gasteiger partial charge < -0.3 is 14.7 Å². The van der Waals surface area contributed by atoms with Crippen LogP contribution in [0.4, 0.5) is 10.1 Å². The fourth-order valence-electron chi connectivity index (χ4n) is 2.28. The van der Waals surface area contributed by atoms with E-state index in [1.807, 2.05) is 11.9 Å². The first kappa shape index (κ1) is 13.3. The Hall–Kier alpha value is -1.13. The smallest absolute Gasteiger partial charge is 0.146 e. The lowest BCUT2D eigenvalue weighted by molar-refractivity contribution is 0.116. The molecule has 0 aromatic heterocycles. The van der Waals surface area contributed by atoms with Crippen LogP contribution in [-0.2, 0) is 4.74 Å². The van der Waals surface area contributed by atoms with Crippen LogP contribution in [0.15, 0.2) is 18.2 Å². The molecule has 0 saturated carbocycles. The number of hydrogen-bond acceptors (Lipinski definition) is 3. The third-order valence-electron chi connectivity index (χ3n) is 3.37. The van der Waals surface area contributed by atoms with Gasteiger partial charge in [0.2, 0.25) is 0 Å². The van der Waals surface area contributed by atoms with Gasteiger partial charge in [-0.2, -0.15) is 0 Å². The molecule has 1 aliphatic heterocycles. The molecule has 1 unspecified atom stereocenters. The van der Waals surface area contributed by atoms with Gasteiger partial charge in [-0.1, -0.05) is 6.07 Å². The molecule has 18 heavy (non-hydrogen) atoms. The Morgan fingerprint density at radius 2 is 2.33 bits per heavy atom. The molecule has 2 atom stereocenters. The van der Waals surface area contributed by atoms with Crippen molar-refractivity contribution in [3.8, 4) is 0 Å². The van der Waals surface area contributed by atoms with Gasteiger partial charge in [0.1, 0.15) is 5.82 Å². The fraction of sp³-hybridized carbons (Fsp3) is 0.571. The van der Waals surface area contributed by atoms with Gasteiger partial charge in [-0.15, -0.1) is 0 Å². The minimum Gasteiger partial charge on any atom is -0.389 e. The molecule has 1 aromatic carbocycles. The van der Waals surface area contributed by atoms with Gasteiger partial charge in [0, 0.05) is 20.2 Å². The Labute approximate surface area is 107 Å². The molecule has 4 heteroatoms. The van der Waals surface area contributed by atoms with E-state index >= 15 is 0 Å². The summed E-state index contributed by atoms with van der Waals surface area (Å²) in [6.07, 6.45) is 1.68. The van der Waals surface area contributed by atoms with Gasteiger partial charge in [0.15, 0.2) is 0 Å². The van der Waals surface area contributed by atoms with Gasteiger partial charge in [0.05, 0.1) is 17.9 Å². The predicted molar refractivity (Wildman–Crippen MR) is 69.3 cm³/mol. The SMILES string of the molecule is C[C@H](O)c1ccc(N(C)CC2CCCO2)c(F)c1. The summed E-state index contributed by atoms with van der Waals surface area (Å²) in [5.74, 6) is -0.297. The standard InChI is InChI=1S/C14H20FNO2/c1-10(17)11-5-6-14(13(15)8-11)16(2)9-12-4-3-7-18-12/h5-6,8,10,12,17H,3-4,7,9H2,1-2H3/t10-,12?/m0/s1. The van der Waals surface area contributed by atoms with Gasteiger partial charge in [-0.25, -0.2) is 4.39 Å². The molecule has 1 saturated heterocycles. The molecule has 0 amide bonds. The molecule has 0 aliphatic carbocycles. The lowest BCUT2D eigenvalue weighted by Gasteiger charge is -2.23. The number of hydrogen-bond donors (Lipinski definition) is 1. The minimum absolute atomic E-state index is 0.200. The molecule has 0 radical (unpaired) electrons. The van der Waals surface area contributed by atoms with Crippen LogP contribution in [0.2, 0.25) is 0 Å². The second-order valence-corrected chi connectivity index (χ2v) is 4.90. The van der Waals surface area contributed by atoms with Crippen molar-refractivity contribution in [2.75, 3.05) is 25.1 Å². The van der Waals surface area contributed by atoms with Crippen molar-refractivity contribution < 1.29 is 14.2 Å². The summed E-state index contributed by atoms with van der Waals surface area (Å²) in [6.45, 7) is 3.14. The lowest BCUT2D eigenvalue weighted by Crippen LogP contribution is -2.29.